The van der Waals surface area contributed by atoms with E-state index in [0.717, 1.165) is 28.7 Å². The maximum Gasteiger partial charge on any atom is 0.0956 e. The molecule has 6 heteroatoms. The molecule has 0 saturated carbocycles. The van der Waals surface area contributed by atoms with Crippen molar-refractivity contribution in [1.29, 1.82) is 0 Å². The molecule has 130 valence electrons. The van der Waals surface area contributed by atoms with Crippen molar-refractivity contribution in [1.82, 2.24) is 30.9 Å². The molecule has 0 bridgehead atoms. The van der Waals surface area contributed by atoms with E-state index in [-0.39, 0.29) is 6.15 Å². The quantitative estimate of drug-likeness (QED) is 0.452. The van der Waals surface area contributed by atoms with Crippen LogP contribution in [0, 0.1) is 6.92 Å². The molecule has 0 aliphatic heterocycles. The Morgan fingerprint density at radius 1 is 1.08 bits per heavy atom. The van der Waals surface area contributed by atoms with Gasteiger partial charge in [0, 0.05) is 34.9 Å². The molecule has 0 unspecified atom stereocenters. The number of aromatic amines is 2. The summed E-state index contributed by atoms with van der Waals surface area (Å²) in [6.45, 7) is 2.88. The first-order chi connectivity index (χ1) is 12.3. The second kappa shape index (κ2) is 6.16. The van der Waals surface area contributed by atoms with Crippen LogP contribution in [0.4, 0.5) is 0 Å². The van der Waals surface area contributed by atoms with E-state index in [1.54, 1.807) is 0 Å². The topological polar surface area (TPSA) is 97.3 Å². The van der Waals surface area contributed by atoms with E-state index in [0.29, 0.717) is 0 Å². The van der Waals surface area contributed by atoms with E-state index in [1.165, 1.54) is 22.2 Å². The molecule has 3 aromatic heterocycles. The predicted octanol–water partition coefficient (Wildman–Crippen LogP) is 4.43. The van der Waals surface area contributed by atoms with Crippen LogP contribution in [0.25, 0.3) is 33.1 Å². The van der Waals surface area contributed by atoms with Gasteiger partial charge in [-0.1, -0.05) is 24.3 Å². The lowest BCUT2D eigenvalue weighted by molar-refractivity contribution is 0.798. The van der Waals surface area contributed by atoms with Gasteiger partial charge in [-0.15, -0.1) is 0 Å². The molecule has 0 aliphatic rings. The molecule has 0 saturated heterocycles. The summed E-state index contributed by atoms with van der Waals surface area (Å²) in [6.07, 6.45) is 5.83. The molecule has 0 amide bonds. The average molecular weight is 344 g/mol. The van der Waals surface area contributed by atoms with Crippen molar-refractivity contribution >= 4 is 21.8 Å². The number of fused-ring (bicyclic) bond motifs is 2. The molecule has 0 fully saturated rings. The zero-order chi connectivity index (χ0) is 16.8. The third-order valence-corrected chi connectivity index (χ3v) is 4.58. The standard InChI is InChI=1S/C20H17N5.H3N/c1-13-7-15-6-5-14(8-19(15)23-13)10-25-11-20(21-12-25)16-3-2-4-18-17(16)9-22-24-18;/h2-9,11-12,23H,10H2,1H3,(H,22,24);1H3. The van der Waals surface area contributed by atoms with Crippen molar-refractivity contribution in [3.8, 4) is 11.3 Å². The molecule has 5 aromatic rings. The van der Waals surface area contributed by atoms with Crippen LogP contribution in [0.15, 0.2) is 61.2 Å². The number of aryl methyl sites for hydroxylation is 1. The van der Waals surface area contributed by atoms with Gasteiger partial charge in [0.1, 0.15) is 0 Å². The summed E-state index contributed by atoms with van der Waals surface area (Å²) in [7, 11) is 0. The second-order valence-electron chi connectivity index (χ2n) is 6.44. The summed E-state index contributed by atoms with van der Waals surface area (Å²) < 4.78 is 2.12. The molecule has 6 nitrogen and oxygen atoms in total. The third kappa shape index (κ3) is 2.66. The van der Waals surface area contributed by atoms with Crippen molar-refractivity contribution in [3.63, 3.8) is 0 Å². The van der Waals surface area contributed by atoms with E-state index in [4.69, 9.17) is 0 Å². The maximum atomic E-state index is 4.59. The van der Waals surface area contributed by atoms with Gasteiger partial charge in [-0.25, -0.2) is 4.98 Å². The summed E-state index contributed by atoms with van der Waals surface area (Å²) >= 11 is 0. The molecule has 5 N–H and O–H groups in total. The molecular weight excluding hydrogens is 324 g/mol. The van der Waals surface area contributed by atoms with Crippen LogP contribution in [0.2, 0.25) is 0 Å². The minimum Gasteiger partial charge on any atom is -0.359 e. The van der Waals surface area contributed by atoms with Crippen molar-refractivity contribution in [2.45, 2.75) is 13.5 Å². The number of hydrogen-bond acceptors (Lipinski definition) is 3. The highest BCUT2D eigenvalue weighted by atomic mass is 15.1. The van der Waals surface area contributed by atoms with E-state index < -0.39 is 0 Å². The van der Waals surface area contributed by atoms with Crippen molar-refractivity contribution in [2.75, 3.05) is 0 Å². The van der Waals surface area contributed by atoms with Crippen LogP contribution in [0.5, 0.6) is 0 Å². The normalized spacial score (nSPS) is 11.1. The van der Waals surface area contributed by atoms with Gasteiger partial charge in [-0.05, 0) is 36.1 Å². The van der Waals surface area contributed by atoms with Gasteiger partial charge in [0.25, 0.3) is 0 Å². The second-order valence-corrected chi connectivity index (χ2v) is 6.44. The number of H-pyrrole nitrogens is 2. The Morgan fingerprint density at radius 2 is 2.00 bits per heavy atom. The van der Waals surface area contributed by atoms with E-state index in [9.17, 15) is 0 Å². The summed E-state index contributed by atoms with van der Waals surface area (Å²) in [5.74, 6) is 0. The van der Waals surface area contributed by atoms with Gasteiger partial charge >= 0.3 is 0 Å². The van der Waals surface area contributed by atoms with Crippen LogP contribution in [0.1, 0.15) is 11.3 Å². The molecule has 5 rings (SSSR count). The molecule has 26 heavy (non-hydrogen) atoms. The van der Waals surface area contributed by atoms with Gasteiger partial charge in [-0.3, -0.25) is 5.10 Å². The summed E-state index contributed by atoms with van der Waals surface area (Å²) in [5, 5.41) is 9.48. The fraction of sp³-hybridized carbons (Fsp3) is 0.100. The molecule has 3 heterocycles. The van der Waals surface area contributed by atoms with E-state index in [1.807, 2.05) is 24.7 Å². The lowest BCUT2D eigenvalue weighted by atomic mass is 10.1. The first-order valence-electron chi connectivity index (χ1n) is 8.29. The summed E-state index contributed by atoms with van der Waals surface area (Å²) in [6, 6.07) is 14.8. The molecule has 0 spiro atoms. The van der Waals surface area contributed by atoms with Crippen LogP contribution in [0.3, 0.4) is 0 Å². The van der Waals surface area contributed by atoms with Gasteiger partial charge in [0.15, 0.2) is 0 Å². The molecule has 0 radical (unpaired) electrons. The van der Waals surface area contributed by atoms with Crippen LogP contribution < -0.4 is 6.15 Å². The number of hydrogen-bond donors (Lipinski definition) is 3. The maximum absolute atomic E-state index is 4.59. The Hall–Kier alpha value is -3.38. The van der Waals surface area contributed by atoms with Crippen molar-refractivity contribution in [2.24, 2.45) is 0 Å². The highest BCUT2D eigenvalue weighted by molar-refractivity contribution is 5.93. The summed E-state index contributed by atoms with van der Waals surface area (Å²) in [4.78, 5) is 7.99. The average Bonchev–Trinajstić information content (AvgIpc) is 3.32. The Balaban J connectivity index is 0.00000168. The third-order valence-electron chi connectivity index (χ3n) is 4.58. The highest BCUT2D eigenvalue weighted by Crippen LogP contribution is 2.26. The van der Waals surface area contributed by atoms with Crippen LogP contribution >= 0.6 is 0 Å². The minimum atomic E-state index is 0. The number of rotatable bonds is 3. The van der Waals surface area contributed by atoms with Gasteiger partial charge < -0.3 is 15.7 Å². The Kier molecular flexibility index (Phi) is 3.82. The Bertz CT molecular complexity index is 1190. The predicted molar refractivity (Wildman–Crippen MR) is 104 cm³/mol. The number of nitrogens with zero attached hydrogens (tertiary/aromatic N) is 3. The monoisotopic (exact) mass is 344 g/mol. The lowest BCUT2D eigenvalue weighted by Crippen LogP contribution is -1.96. The van der Waals surface area contributed by atoms with Crippen molar-refractivity contribution < 1.29 is 0 Å². The molecule has 0 atom stereocenters. The first kappa shape index (κ1) is 16.1. The fourth-order valence-electron chi connectivity index (χ4n) is 3.41. The van der Waals surface area contributed by atoms with Crippen LogP contribution in [-0.2, 0) is 6.54 Å². The SMILES string of the molecule is Cc1cc2ccc(Cn3cnc(-c4cccc5[nH]ncc45)c3)cc2[nH]1.N. The first-order valence-corrected chi connectivity index (χ1v) is 8.29. The highest BCUT2D eigenvalue weighted by Gasteiger charge is 2.08. The lowest BCUT2D eigenvalue weighted by Gasteiger charge is -2.03. The zero-order valence-electron chi connectivity index (χ0n) is 14.5. The van der Waals surface area contributed by atoms with Gasteiger partial charge in [0.2, 0.25) is 0 Å². The number of nitrogens with one attached hydrogen (secondary N) is 2. The fourth-order valence-corrected chi connectivity index (χ4v) is 3.41. The largest absolute Gasteiger partial charge is 0.359 e. The van der Waals surface area contributed by atoms with Gasteiger partial charge in [0.05, 0.1) is 23.7 Å². The zero-order valence-corrected chi connectivity index (χ0v) is 14.5. The molecular formula is C20H20N6. The summed E-state index contributed by atoms with van der Waals surface area (Å²) in [5.41, 5.74) is 6.70. The number of aromatic nitrogens is 5. The van der Waals surface area contributed by atoms with Crippen LogP contribution in [-0.4, -0.2) is 24.7 Å². The number of benzene rings is 2. The number of imidazole rings is 1. The van der Waals surface area contributed by atoms with Crippen molar-refractivity contribution in [3.05, 3.63) is 72.4 Å². The molecule has 0 aliphatic carbocycles. The Labute approximate surface area is 150 Å². The molecule has 2 aromatic carbocycles. The minimum absolute atomic E-state index is 0. The Morgan fingerprint density at radius 3 is 2.92 bits per heavy atom. The van der Waals surface area contributed by atoms with E-state index >= 15 is 0 Å². The smallest absolute Gasteiger partial charge is 0.0956 e. The van der Waals surface area contributed by atoms with Gasteiger partial charge in [-0.2, -0.15) is 5.10 Å². The van der Waals surface area contributed by atoms with E-state index in [2.05, 4.69) is 68.2 Å².